The highest BCUT2D eigenvalue weighted by atomic mass is 16.3. The van der Waals surface area contributed by atoms with E-state index in [1.54, 1.807) is 35.2 Å². The Morgan fingerprint density at radius 2 is 1.86 bits per heavy atom. The van der Waals surface area contributed by atoms with Gasteiger partial charge in [0.25, 0.3) is 5.91 Å². The summed E-state index contributed by atoms with van der Waals surface area (Å²) in [7, 11) is 0. The second-order valence-electron chi connectivity index (χ2n) is 6.79. The van der Waals surface area contributed by atoms with Gasteiger partial charge in [0, 0.05) is 24.3 Å². The molecule has 0 spiro atoms. The maximum atomic E-state index is 12.8. The fraction of sp³-hybridized carbons (Fsp3) is 0.190. The van der Waals surface area contributed by atoms with E-state index in [2.05, 4.69) is 10.2 Å². The van der Waals surface area contributed by atoms with Gasteiger partial charge >= 0.3 is 0 Å². The maximum absolute atomic E-state index is 12.8. The van der Waals surface area contributed by atoms with Crippen molar-refractivity contribution in [2.45, 2.75) is 6.92 Å². The Morgan fingerprint density at radius 1 is 1.11 bits per heavy atom. The molecule has 1 saturated heterocycles. The van der Waals surface area contributed by atoms with E-state index >= 15 is 0 Å². The molecule has 0 unspecified atom stereocenters. The molecule has 4 rings (SSSR count). The molecule has 1 aliphatic rings. The first kappa shape index (κ1) is 17.8. The third-order valence-electron chi connectivity index (χ3n) is 4.84. The Labute approximate surface area is 162 Å². The minimum atomic E-state index is -0.286. The number of phenols is 1. The molecule has 7 nitrogen and oxygen atoms in total. The molecule has 2 N–H and O–H groups in total. The van der Waals surface area contributed by atoms with Crippen LogP contribution in [0.4, 0.5) is 5.69 Å². The normalized spacial score (nSPS) is 14.4. The quantitative estimate of drug-likeness (QED) is 0.735. The van der Waals surface area contributed by atoms with E-state index in [-0.39, 0.29) is 29.8 Å². The molecule has 0 radical (unpaired) electrons. The number of aryl methyl sites for hydroxylation is 1. The number of piperazine rings is 1. The molecule has 0 atom stereocenters. The summed E-state index contributed by atoms with van der Waals surface area (Å²) in [6.45, 7) is 2.88. The van der Waals surface area contributed by atoms with Gasteiger partial charge in [0.15, 0.2) is 0 Å². The second kappa shape index (κ2) is 7.19. The molecule has 2 aromatic carbocycles. The lowest BCUT2D eigenvalue weighted by Gasteiger charge is -2.34. The smallest absolute Gasteiger partial charge is 0.272 e. The van der Waals surface area contributed by atoms with Crippen LogP contribution in [0.15, 0.2) is 54.6 Å². The number of hydrogen-bond donors (Lipinski definition) is 2. The van der Waals surface area contributed by atoms with Gasteiger partial charge in [-0.2, -0.15) is 5.10 Å². The molecule has 28 heavy (non-hydrogen) atoms. The van der Waals surface area contributed by atoms with Crippen molar-refractivity contribution in [2.75, 3.05) is 24.5 Å². The van der Waals surface area contributed by atoms with Gasteiger partial charge in [-0.15, -0.1) is 0 Å². The number of anilines is 1. The van der Waals surface area contributed by atoms with Gasteiger partial charge in [-0.3, -0.25) is 14.7 Å². The lowest BCUT2D eigenvalue weighted by Crippen LogP contribution is -2.52. The highest BCUT2D eigenvalue weighted by molar-refractivity contribution is 6.01. The van der Waals surface area contributed by atoms with Crippen LogP contribution in [0.3, 0.4) is 0 Å². The summed E-state index contributed by atoms with van der Waals surface area (Å²) in [5.74, 6) is -0.315. The van der Waals surface area contributed by atoms with E-state index in [1.807, 2.05) is 31.2 Å². The van der Waals surface area contributed by atoms with Crippen LogP contribution in [0.2, 0.25) is 0 Å². The topological polar surface area (TPSA) is 89.5 Å². The minimum Gasteiger partial charge on any atom is -0.507 e. The first-order valence-electron chi connectivity index (χ1n) is 9.03. The van der Waals surface area contributed by atoms with Crippen molar-refractivity contribution < 1.29 is 14.7 Å². The number of benzene rings is 2. The van der Waals surface area contributed by atoms with E-state index in [9.17, 15) is 14.7 Å². The maximum Gasteiger partial charge on any atom is 0.272 e. The van der Waals surface area contributed by atoms with Crippen LogP contribution in [0.1, 0.15) is 16.1 Å². The number of hydrogen-bond acceptors (Lipinski definition) is 4. The van der Waals surface area contributed by atoms with Crippen LogP contribution < -0.4 is 4.90 Å². The average Bonchev–Trinajstić information content (AvgIpc) is 3.18. The molecule has 0 bridgehead atoms. The standard InChI is InChI=1S/C21H20N4O3/c1-14-6-8-15(9-7-14)25-11-10-24(13-20(25)27)21(28)18-12-17(22-23-18)16-4-2-3-5-19(16)26/h2-9,12,26H,10-11,13H2,1H3,(H,22,23). The van der Waals surface area contributed by atoms with Crippen molar-refractivity contribution in [3.63, 3.8) is 0 Å². The van der Waals surface area contributed by atoms with Gasteiger partial charge in [-0.1, -0.05) is 29.8 Å². The Kier molecular flexibility index (Phi) is 4.57. The fourth-order valence-electron chi connectivity index (χ4n) is 3.27. The van der Waals surface area contributed by atoms with Gasteiger partial charge in [0.2, 0.25) is 5.91 Å². The summed E-state index contributed by atoms with van der Waals surface area (Å²) in [6, 6.07) is 16.1. The number of rotatable bonds is 3. The van der Waals surface area contributed by atoms with Crippen molar-refractivity contribution in [3.8, 4) is 17.0 Å². The number of nitrogens with one attached hydrogen (secondary N) is 1. The lowest BCUT2D eigenvalue weighted by molar-refractivity contribution is -0.120. The van der Waals surface area contributed by atoms with Gasteiger partial charge in [0.05, 0.1) is 5.69 Å². The number of nitrogens with zero attached hydrogens (tertiary/aromatic N) is 3. The van der Waals surface area contributed by atoms with Crippen molar-refractivity contribution in [3.05, 3.63) is 65.9 Å². The summed E-state index contributed by atoms with van der Waals surface area (Å²) in [4.78, 5) is 28.6. The predicted octanol–water partition coefficient (Wildman–Crippen LogP) is 2.58. The number of aromatic hydroxyl groups is 1. The van der Waals surface area contributed by atoms with Crippen LogP contribution in [-0.2, 0) is 4.79 Å². The minimum absolute atomic E-state index is 0.0116. The molecular weight excluding hydrogens is 356 g/mol. The zero-order valence-electron chi connectivity index (χ0n) is 15.4. The SMILES string of the molecule is Cc1ccc(N2CCN(C(=O)c3cc(-c4ccccc4O)n[nH]3)CC2=O)cc1. The van der Waals surface area contributed by atoms with E-state index in [0.29, 0.717) is 24.3 Å². The monoisotopic (exact) mass is 376 g/mol. The van der Waals surface area contributed by atoms with Crippen LogP contribution >= 0.6 is 0 Å². The number of para-hydroxylation sites is 1. The number of carbonyl (C=O) groups is 2. The zero-order chi connectivity index (χ0) is 19.7. The molecule has 142 valence electrons. The van der Waals surface area contributed by atoms with Crippen LogP contribution in [0, 0.1) is 6.92 Å². The van der Waals surface area contributed by atoms with Crippen molar-refractivity contribution in [2.24, 2.45) is 0 Å². The molecule has 7 heteroatoms. The average molecular weight is 376 g/mol. The molecule has 3 aromatic rings. The number of carbonyl (C=O) groups excluding carboxylic acids is 2. The van der Waals surface area contributed by atoms with Crippen LogP contribution in [0.25, 0.3) is 11.3 Å². The highest BCUT2D eigenvalue weighted by Crippen LogP contribution is 2.27. The van der Waals surface area contributed by atoms with Crippen molar-refractivity contribution >= 4 is 17.5 Å². The molecule has 1 aromatic heterocycles. The lowest BCUT2D eigenvalue weighted by atomic mass is 10.1. The van der Waals surface area contributed by atoms with E-state index < -0.39 is 0 Å². The van der Waals surface area contributed by atoms with Gasteiger partial charge in [-0.25, -0.2) is 0 Å². The largest absolute Gasteiger partial charge is 0.507 e. The molecule has 1 aliphatic heterocycles. The molecule has 0 saturated carbocycles. The second-order valence-corrected chi connectivity index (χ2v) is 6.79. The third-order valence-corrected chi connectivity index (χ3v) is 4.84. The van der Waals surface area contributed by atoms with Crippen molar-refractivity contribution in [1.82, 2.24) is 15.1 Å². The van der Waals surface area contributed by atoms with Crippen molar-refractivity contribution in [1.29, 1.82) is 0 Å². The Morgan fingerprint density at radius 3 is 2.57 bits per heavy atom. The van der Waals surface area contributed by atoms with Gasteiger partial charge in [0.1, 0.15) is 18.0 Å². The zero-order valence-corrected chi connectivity index (χ0v) is 15.4. The summed E-state index contributed by atoms with van der Waals surface area (Å²) < 4.78 is 0. The number of amides is 2. The van der Waals surface area contributed by atoms with E-state index in [0.717, 1.165) is 11.3 Å². The predicted molar refractivity (Wildman–Crippen MR) is 105 cm³/mol. The van der Waals surface area contributed by atoms with Gasteiger partial charge < -0.3 is 14.9 Å². The van der Waals surface area contributed by atoms with Crippen LogP contribution in [0.5, 0.6) is 5.75 Å². The first-order valence-corrected chi connectivity index (χ1v) is 9.03. The van der Waals surface area contributed by atoms with E-state index in [1.165, 1.54) is 4.90 Å². The van der Waals surface area contributed by atoms with Gasteiger partial charge in [-0.05, 0) is 37.3 Å². The number of phenolic OH excluding ortho intramolecular Hbond substituents is 1. The highest BCUT2D eigenvalue weighted by Gasteiger charge is 2.29. The number of aromatic nitrogens is 2. The third kappa shape index (κ3) is 3.34. The number of H-pyrrole nitrogens is 1. The molecular formula is C21H20N4O3. The Balaban J connectivity index is 1.47. The Bertz CT molecular complexity index is 1030. The van der Waals surface area contributed by atoms with E-state index in [4.69, 9.17) is 0 Å². The van der Waals surface area contributed by atoms with Crippen LogP contribution in [-0.4, -0.2) is 51.7 Å². The first-order chi connectivity index (χ1) is 13.5. The molecule has 0 aliphatic carbocycles. The Hall–Kier alpha value is -3.61. The summed E-state index contributed by atoms with van der Waals surface area (Å²) in [5, 5.41) is 16.8. The molecule has 2 heterocycles. The number of aromatic amines is 1. The molecule has 2 amide bonds. The summed E-state index contributed by atoms with van der Waals surface area (Å²) in [5.41, 5.74) is 3.27. The summed E-state index contributed by atoms with van der Waals surface area (Å²) >= 11 is 0. The summed E-state index contributed by atoms with van der Waals surface area (Å²) in [6.07, 6.45) is 0. The molecule has 1 fully saturated rings. The fourth-order valence-corrected chi connectivity index (χ4v) is 3.27.